The van der Waals surface area contributed by atoms with Crippen molar-refractivity contribution in [2.24, 2.45) is 0 Å². The Morgan fingerprint density at radius 1 is 0.598 bits per heavy atom. The minimum absolute atomic E-state index is 0.0757. The summed E-state index contributed by atoms with van der Waals surface area (Å²) in [6, 6.07) is 1.19. The molecule has 0 aliphatic carbocycles. The summed E-state index contributed by atoms with van der Waals surface area (Å²) < 4.78 is 160. The minimum Gasteiger partial charge on any atom is -0.762 e. The molecule has 0 saturated carbocycles. The van der Waals surface area contributed by atoms with Crippen LogP contribution in [0, 0.1) is 19.1 Å². The Labute approximate surface area is 656 Å². The maximum absolute atomic E-state index is 14.3. The van der Waals surface area contributed by atoms with Crippen LogP contribution in [0.2, 0.25) is 15.1 Å². The number of phenols is 3. The number of carbonyl (C=O) groups excluding carboxylic acids is 2. The number of aromatic hydroxyl groups is 3. The number of benzene rings is 2. The van der Waals surface area contributed by atoms with Crippen LogP contribution in [0.15, 0.2) is 6.07 Å². The van der Waals surface area contributed by atoms with E-state index >= 15 is 0 Å². The molecule has 0 bridgehead atoms. The van der Waals surface area contributed by atoms with Gasteiger partial charge >= 0.3 is 17.9 Å². The first-order valence-corrected chi connectivity index (χ1v) is 37.6. The number of carbonyl (C=O) groups is 2. The number of aliphatic hydroxyl groups is 5. The smallest absolute Gasteiger partial charge is 0.342 e. The largest absolute Gasteiger partial charge is 0.762 e. The van der Waals surface area contributed by atoms with Gasteiger partial charge in [0.25, 0.3) is 5.97 Å². The van der Waals surface area contributed by atoms with E-state index in [1.807, 2.05) is 0 Å². The van der Waals surface area contributed by atoms with Crippen molar-refractivity contribution in [1.29, 1.82) is 0 Å². The van der Waals surface area contributed by atoms with Crippen LogP contribution < -0.4 is 4.74 Å². The fourth-order valence-corrected chi connectivity index (χ4v) is 17.7. The molecule has 0 amide bonds. The second-order valence-corrected chi connectivity index (χ2v) is 31.1. The molecule has 11 aliphatic heterocycles. The number of fused-ring (bicyclic) bond motifs is 4. The third kappa shape index (κ3) is 15.6. The number of phenolic OH excluding ortho intramolecular Hbond substituents is 3. The Morgan fingerprint density at radius 2 is 1.29 bits per heavy atom. The minimum atomic E-state index is -2.06. The highest BCUT2D eigenvalue weighted by Crippen LogP contribution is 2.53. The second-order valence-electron chi connectivity index (χ2n) is 30.0. The molecule has 39 nitrogen and oxygen atoms in total. The van der Waals surface area contributed by atoms with E-state index in [1.54, 1.807) is 34.6 Å². The summed E-state index contributed by atoms with van der Waals surface area (Å²) in [6.07, 6.45) is -40.8. The van der Waals surface area contributed by atoms with E-state index in [0.717, 1.165) is 0 Å². The van der Waals surface area contributed by atoms with Gasteiger partial charge in [-0.25, -0.2) is 9.59 Å². The summed E-state index contributed by atoms with van der Waals surface area (Å²) in [6.45, 7) is 12.7. The Bertz CT molecular complexity index is 3660. The molecule has 11 aliphatic rings. The van der Waals surface area contributed by atoms with E-state index in [0.29, 0.717) is 0 Å². The molecule has 0 radical (unpaired) electrons. The molecule has 11 saturated heterocycles. The molecule has 0 aromatic heterocycles. The normalized spacial score (nSPS) is 45.5. The highest BCUT2D eigenvalue weighted by molar-refractivity contribution is 6.39. The number of aryl methyl sites for hydroxylation is 1. The molecule has 2 aromatic carbocycles. The third-order valence-electron chi connectivity index (χ3n) is 22.6. The van der Waals surface area contributed by atoms with Crippen molar-refractivity contribution in [3.8, 4) is 23.0 Å². The van der Waals surface area contributed by atoms with E-state index in [4.69, 9.17) is 158 Å². The van der Waals surface area contributed by atoms with Crippen molar-refractivity contribution in [2.75, 3.05) is 62.2 Å². The number of ether oxygens (including phenoxy) is 26. The highest BCUT2D eigenvalue weighted by Gasteiger charge is 2.70. The van der Waals surface area contributed by atoms with Crippen LogP contribution in [-0.4, -0.2) is 339 Å². The summed E-state index contributed by atoms with van der Waals surface area (Å²) in [7, 11) is 6.55. The second kappa shape index (κ2) is 33.8. The van der Waals surface area contributed by atoms with Crippen molar-refractivity contribution in [3.05, 3.63) is 48.6 Å². The fraction of sp³-hybridized carbons (Fsp3) is 0.800. The lowest BCUT2D eigenvalue weighted by molar-refractivity contribution is -0.415. The molecule has 11 fully saturated rings. The Morgan fingerprint density at radius 3 is 1.96 bits per heavy atom. The van der Waals surface area contributed by atoms with Crippen LogP contribution in [0.4, 0.5) is 0 Å². The SMILES string of the molecule is COC[C@H]1O[C@@H](O[C@@H]2OC[C@@H]3O[C@@]4(OC[C@@H](OC(=O)c5c(C)cc(O)c(Cl)c5O)[C@@H]5OCO[C@H]54)O[C@H]3[C@H]2O)[C@@H](OC)[C@@H](O)[C@@H]1O[C@H]1O[C@@H](C)[C@@H](OC)[C@@H](O[C@@H]2O[C@H](C)[C@H]3O[C@]4(C[C@@H](O)[C@H](O[C@H]5C[C@@H](O[C@H]6C[C@](C)(N([O-])O)[C@@H](OC)[C@H](C)O6)[C@H](OC(=O)c6c(C)c(Cl)c(O)c(Cl)c6OC)[C@@H](C)O5)[C@@H](C)O4)O[C@]3(C)[C@@H]2O)[C@@H]1O. The van der Waals surface area contributed by atoms with Gasteiger partial charge in [-0.3, -0.25) is 5.23 Å². The number of methoxy groups -OCH3 is 5. The summed E-state index contributed by atoms with van der Waals surface area (Å²) in [5.41, 5.74) is -3.61. The average Bonchev–Trinajstić information content (AvgIpc) is 1.56. The van der Waals surface area contributed by atoms with Crippen LogP contribution in [0.1, 0.15) is 99.6 Å². The predicted octanol–water partition coefficient (Wildman–Crippen LogP) is 1.83. The molecule has 35 atom stereocenters. The summed E-state index contributed by atoms with van der Waals surface area (Å²) in [4.78, 5) is 27.7. The van der Waals surface area contributed by atoms with Gasteiger partial charge in [0, 0.05) is 41.3 Å². The molecule has 112 heavy (non-hydrogen) atoms. The topological polar surface area (TPSA) is 482 Å². The van der Waals surface area contributed by atoms with Crippen LogP contribution in [0.3, 0.4) is 0 Å². The first-order valence-electron chi connectivity index (χ1n) is 36.5. The molecular weight excluding hydrogens is 1570 g/mol. The molecule has 11 heterocycles. The lowest BCUT2D eigenvalue weighted by Crippen LogP contribution is -2.68. The summed E-state index contributed by atoms with van der Waals surface area (Å²) in [5.74, 6) is -7.99. The summed E-state index contributed by atoms with van der Waals surface area (Å²) in [5, 5.41) is 114. The zero-order chi connectivity index (χ0) is 81.0. The van der Waals surface area contributed by atoms with Crippen LogP contribution in [0.25, 0.3) is 0 Å². The fourth-order valence-electron chi connectivity index (χ4n) is 17.0. The number of hydrogen-bond acceptors (Lipinski definition) is 39. The van der Waals surface area contributed by atoms with Gasteiger partial charge in [0.05, 0.1) is 80.5 Å². The van der Waals surface area contributed by atoms with Crippen molar-refractivity contribution in [2.45, 2.75) is 295 Å². The van der Waals surface area contributed by atoms with Gasteiger partial charge in [0.2, 0.25) is 0 Å². The zero-order valence-electron chi connectivity index (χ0n) is 63.4. The number of esters is 2. The van der Waals surface area contributed by atoms with Crippen LogP contribution in [-0.2, 0) is 118 Å². The average molecular weight is 1670 g/mol. The standard InChI is InChI=1S/C70H97Cl3NO38/c1-23-15-30(75)41(72)43(77)38(23)61(83)101-34-21-95-70(60-53(34)93-22-94-60)109-35-20-92-63(46(80)52(35)110-70)107-65-56(90-13)45(79)51(33(102-65)19-87-10)105-64-47(81)55(50(88-11)26(4)98-64)106-66-57(82)68(9)59(29(7)99-66)111-69(112-68)17-31(76)48(27(5)108-69)103-36-16-32(100-37-18-67(8,74(85)86)58(91-14)28(6)97-37)49(25(3)96-36)104-62(84)39-24(2)40(71)44(78)42(73)54(39)89-12/h15,25-29,31-37,45-53,55-60,63-66,75-82,85H,16-22H2,1-14H3/q-1/t25-,26+,27-,28+,29-,31-,32-,33-,34-,35+,36+,37+,45+,46-,47+,48-,49-,50-,51-,52-,53+,55+,56+,57-,58+,59-,60-,63+,64-,65+,66+,67+,68-,69-,70-/m1/s1. The number of halogens is 3. The van der Waals surface area contributed by atoms with Crippen LogP contribution in [0.5, 0.6) is 23.0 Å². The maximum Gasteiger partial charge on any atom is 0.342 e. The van der Waals surface area contributed by atoms with Gasteiger partial charge in [0.1, 0.15) is 137 Å². The van der Waals surface area contributed by atoms with Gasteiger partial charge in [0.15, 0.2) is 73.3 Å². The quantitative estimate of drug-likeness (QED) is 0.0636. The van der Waals surface area contributed by atoms with E-state index in [9.17, 15) is 60.9 Å². The monoisotopic (exact) mass is 1660 g/mol. The number of rotatable bonds is 21. The third-order valence-corrected chi connectivity index (χ3v) is 23.8. The first-order chi connectivity index (χ1) is 53.0. The Balaban J connectivity index is 0.644. The van der Waals surface area contributed by atoms with Crippen molar-refractivity contribution in [1.82, 2.24) is 5.23 Å². The lowest BCUT2D eigenvalue weighted by Gasteiger charge is -2.53. The molecule has 0 unspecified atom stereocenters. The van der Waals surface area contributed by atoms with Gasteiger partial charge in [-0.1, -0.05) is 34.8 Å². The number of nitrogens with zero attached hydrogens (tertiary/aromatic N) is 1. The predicted molar refractivity (Wildman–Crippen MR) is 368 cm³/mol. The summed E-state index contributed by atoms with van der Waals surface area (Å²) >= 11 is 18.8. The van der Waals surface area contributed by atoms with E-state index < -0.39 is 254 Å². The van der Waals surface area contributed by atoms with E-state index in [1.165, 1.54) is 69.3 Å². The van der Waals surface area contributed by atoms with Gasteiger partial charge in [-0.15, -0.1) is 0 Å². The molecule has 42 heteroatoms. The molecular formula is C70H97Cl3NO38-. The van der Waals surface area contributed by atoms with E-state index in [2.05, 4.69) is 0 Å². The highest BCUT2D eigenvalue weighted by atomic mass is 35.5. The van der Waals surface area contributed by atoms with E-state index in [-0.39, 0.29) is 82.7 Å². The zero-order valence-corrected chi connectivity index (χ0v) is 65.6. The van der Waals surface area contributed by atoms with Crippen molar-refractivity contribution >= 4 is 46.7 Å². The van der Waals surface area contributed by atoms with Crippen molar-refractivity contribution in [3.63, 3.8) is 0 Å². The number of hydroxylamine groups is 2. The number of aliphatic hydroxyl groups excluding tert-OH is 5. The van der Waals surface area contributed by atoms with Gasteiger partial charge in [-0.2, -0.15) is 0 Å². The number of hydrogen-bond donors (Lipinski definition) is 9. The maximum atomic E-state index is 14.3. The molecule has 2 aromatic rings. The van der Waals surface area contributed by atoms with Crippen molar-refractivity contribution < 1.29 is 179 Å². The lowest BCUT2D eigenvalue weighted by atomic mass is 9.85. The van der Waals surface area contributed by atoms with Gasteiger partial charge < -0.3 is 174 Å². The Hall–Kier alpha value is -3.79. The molecule has 13 rings (SSSR count). The molecule has 9 N–H and O–H groups in total. The Kier molecular flexibility index (Phi) is 26.0. The molecule has 632 valence electrons. The van der Waals surface area contributed by atoms with Gasteiger partial charge in [-0.05, 0) is 79.5 Å². The van der Waals surface area contributed by atoms with Crippen LogP contribution >= 0.6 is 34.8 Å². The first kappa shape index (κ1) is 86.1. The molecule has 2 spiro atoms.